The Morgan fingerprint density at radius 3 is 2.10 bits per heavy atom. The number of nitrogens with zero attached hydrogens (tertiary/aromatic N) is 2. The first-order chi connectivity index (χ1) is 18.7. The summed E-state index contributed by atoms with van der Waals surface area (Å²) in [4.78, 5) is 29.2. The van der Waals surface area contributed by atoms with Gasteiger partial charge in [0.05, 0.1) is 11.9 Å². The highest BCUT2D eigenvalue weighted by Crippen LogP contribution is 2.25. The van der Waals surface area contributed by atoms with Gasteiger partial charge < -0.3 is 10.2 Å². The Labute approximate surface area is 232 Å². The molecule has 0 aliphatic rings. The van der Waals surface area contributed by atoms with Crippen molar-refractivity contribution in [3.63, 3.8) is 0 Å². The molecule has 0 spiro atoms. The van der Waals surface area contributed by atoms with Crippen molar-refractivity contribution in [1.29, 1.82) is 0 Å². The van der Waals surface area contributed by atoms with Crippen molar-refractivity contribution < 1.29 is 18.0 Å². The van der Waals surface area contributed by atoms with E-state index >= 15 is 0 Å². The molecule has 208 valence electrons. The summed E-state index contributed by atoms with van der Waals surface area (Å²) in [7, 11) is -3.79. The first-order valence-corrected chi connectivity index (χ1v) is 15.2. The number of anilines is 1. The predicted molar refractivity (Wildman–Crippen MR) is 157 cm³/mol. The number of carbonyl (C=O) groups excluding carboxylic acids is 2. The van der Waals surface area contributed by atoms with E-state index in [0.717, 1.165) is 39.2 Å². The minimum Gasteiger partial charge on any atom is -0.354 e. The number of carbonyl (C=O) groups is 2. The highest BCUT2D eigenvalue weighted by atomic mass is 32.2. The molecule has 2 amide bonds. The number of aryl methyl sites for hydroxylation is 2. The van der Waals surface area contributed by atoms with Gasteiger partial charge in [0, 0.05) is 19.5 Å². The summed E-state index contributed by atoms with van der Waals surface area (Å²) < 4.78 is 27.1. The van der Waals surface area contributed by atoms with E-state index in [0.29, 0.717) is 25.1 Å². The highest BCUT2D eigenvalue weighted by Gasteiger charge is 2.33. The van der Waals surface area contributed by atoms with E-state index in [-0.39, 0.29) is 12.5 Å². The van der Waals surface area contributed by atoms with Crippen molar-refractivity contribution in [2.75, 3.05) is 23.7 Å². The number of benzene rings is 3. The van der Waals surface area contributed by atoms with Crippen LogP contribution in [0.1, 0.15) is 42.5 Å². The van der Waals surface area contributed by atoms with E-state index in [4.69, 9.17) is 0 Å². The fourth-order valence-corrected chi connectivity index (χ4v) is 5.42. The third-order valence-electron chi connectivity index (χ3n) is 6.74. The number of nitrogens with one attached hydrogen (secondary N) is 1. The molecular formula is C31H39N3O4S. The van der Waals surface area contributed by atoms with E-state index in [1.54, 1.807) is 12.1 Å². The van der Waals surface area contributed by atoms with Crippen LogP contribution in [0, 0.1) is 6.92 Å². The molecule has 0 unspecified atom stereocenters. The molecular weight excluding hydrogens is 510 g/mol. The van der Waals surface area contributed by atoms with Gasteiger partial charge in [0.25, 0.3) is 0 Å². The lowest BCUT2D eigenvalue weighted by molar-refractivity contribution is -0.140. The lowest BCUT2D eigenvalue weighted by Crippen LogP contribution is -2.53. The molecule has 3 aromatic carbocycles. The molecule has 0 radical (unpaired) electrons. The van der Waals surface area contributed by atoms with E-state index in [1.807, 2.05) is 87.5 Å². The van der Waals surface area contributed by atoms with E-state index in [9.17, 15) is 18.0 Å². The first-order valence-electron chi connectivity index (χ1n) is 13.4. The number of hydrogen-bond donors (Lipinski definition) is 1. The number of sulfonamides is 1. The summed E-state index contributed by atoms with van der Waals surface area (Å²) in [6.45, 7) is 6.12. The van der Waals surface area contributed by atoms with Gasteiger partial charge in [-0.15, -0.1) is 0 Å². The predicted octanol–water partition coefficient (Wildman–Crippen LogP) is 4.49. The lowest BCUT2D eigenvalue weighted by atomic mass is 10.0. The standard InChI is InChI=1S/C31H39N3O4S/c1-5-20-32-31(36)29(21-25-15-8-7-9-16-25)33(22-27-18-11-10-14-24(27)3)30(35)23-34(39(4,37)38)28-19-13-12-17-26(28)6-2/h7-19,29H,5-6,20-23H2,1-4H3,(H,32,36)/t29-/m1/s1. The van der Waals surface area contributed by atoms with Crippen LogP contribution in [0.25, 0.3) is 0 Å². The number of para-hydroxylation sites is 1. The Bertz CT molecular complexity index is 1360. The van der Waals surface area contributed by atoms with Crippen LogP contribution in [0.3, 0.4) is 0 Å². The van der Waals surface area contributed by atoms with Gasteiger partial charge in [-0.3, -0.25) is 13.9 Å². The summed E-state index contributed by atoms with van der Waals surface area (Å²) in [5.41, 5.74) is 4.09. The Morgan fingerprint density at radius 1 is 0.872 bits per heavy atom. The zero-order valence-corrected chi connectivity index (χ0v) is 24.1. The van der Waals surface area contributed by atoms with Crippen LogP contribution in [0.15, 0.2) is 78.9 Å². The van der Waals surface area contributed by atoms with Crippen molar-refractivity contribution >= 4 is 27.5 Å². The molecule has 8 heteroatoms. The second-order valence-electron chi connectivity index (χ2n) is 9.70. The summed E-state index contributed by atoms with van der Waals surface area (Å²) in [5, 5.41) is 2.96. The van der Waals surface area contributed by atoms with Crippen LogP contribution in [0.4, 0.5) is 5.69 Å². The molecule has 39 heavy (non-hydrogen) atoms. The van der Waals surface area contributed by atoms with Gasteiger partial charge in [-0.2, -0.15) is 0 Å². The molecule has 3 aromatic rings. The molecule has 0 aromatic heterocycles. The SMILES string of the molecule is CCCNC(=O)[C@@H](Cc1ccccc1)N(Cc1ccccc1C)C(=O)CN(c1ccccc1CC)S(C)(=O)=O. The number of amides is 2. The van der Waals surface area contributed by atoms with Crippen molar-refractivity contribution in [1.82, 2.24) is 10.2 Å². The summed E-state index contributed by atoms with van der Waals surface area (Å²) in [6.07, 6.45) is 2.77. The molecule has 3 rings (SSSR count). The zero-order valence-electron chi connectivity index (χ0n) is 23.3. The van der Waals surface area contributed by atoms with Crippen LogP contribution in [0.2, 0.25) is 0 Å². The van der Waals surface area contributed by atoms with Gasteiger partial charge in [-0.1, -0.05) is 86.6 Å². The van der Waals surface area contributed by atoms with E-state index in [2.05, 4.69) is 5.32 Å². The Kier molecular flexibility index (Phi) is 10.7. The smallest absolute Gasteiger partial charge is 0.244 e. The summed E-state index contributed by atoms with van der Waals surface area (Å²) in [6, 6.07) is 23.6. The van der Waals surface area contributed by atoms with Crippen LogP contribution in [0.5, 0.6) is 0 Å². The monoisotopic (exact) mass is 549 g/mol. The second-order valence-corrected chi connectivity index (χ2v) is 11.6. The normalized spacial score (nSPS) is 12.0. The minimum absolute atomic E-state index is 0.176. The van der Waals surface area contributed by atoms with Crippen LogP contribution in [-0.2, 0) is 39.0 Å². The van der Waals surface area contributed by atoms with Gasteiger partial charge >= 0.3 is 0 Å². The molecule has 0 saturated heterocycles. The molecule has 0 fully saturated rings. The number of rotatable bonds is 13. The van der Waals surface area contributed by atoms with Crippen LogP contribution >= 0.6 is 0 Å². The second kappa shape index (κ2) is 13.9. The summed E-state index contributed by atoms with van der Waals surface area (Å²) >= 11 is 0. The van der Waals surface area contributed by atoms with Gasteiger partial charge in [-0.25, -0.2) is 8.42 Å². The molecule has 0 bridgehead atoms. The Morgan fingerprint density at radius 2 is 1.49 bits per heavy atom. The highest BCUT2D eigenvalue weighted by molar-refractivity contribution is 7.92. The fraction of sp³-hybridized carbons (Fsp3) is 0.355. The molecule has 0 heterocycles. The van der Waals surface area contributed by atoms with Crippen molar-refractivity contribution in [2.24, 2.45) is 0 Å². The van der Waals surface area contributed by atoms with Crippen molar-refractivity contribution in [3.05, 3.63) is 101 Å². The molecule has 7 nitrogen and oxygen atoms in total. The van der Waals surface area contributed by atoms with Gasteiger partial charge in [0.15, 0.2) is 0 Å². The van der Waals surface area contributed by atoms with Gasteiger partial charge in [0.1, 0.15) is 12.6 Å². The minimum atomic E-state index is -3.79. The molecule has 0 aliphatic carbocycles. The molecule has 0 saturated carbocycles. The molecule has 1 N–H and O–H groups in total. The Hall–Kier alpha value is -3.65. The Balaban J connectivity index is 2.07. The molecule has 1 atom stereocenters. The summed E-state index contributed by atoms with van der Waals surface area (Å²) in [5.74, 6) is -0.704. The van der Waals surface area contributed by atoms with E-state index in [1.165, 1.54) is 4.90 Å². The van der Waals surface area contributed by atoms with Crippen molar-refractivity contribution in [3.8, 4) is 0 Å². The maximum Gasteiger partial charge on any atom is 0.244 e. The fourth-order valence-electron chi connectivity index (χ4n) is 4.54. The van der Waals surface area contributed by atoms with Crippen molar-refractivity contribution in [2.45, 2.75) is 52.6 Å². The quantitative estimate of drug-likeness (QED) is 0.340. The third-order valence-corrected chi connectivity index (χ3v) is 7.87. The maximum atomic E-state index is 14.1. The van der Waals surface area contributed by atoms with Gasteiger partial charge in [-0.05, 0) is 48.1 Å². The zero-order chi connectivity index (χ0) is 28.4. The molecule has 0 aliphatic heterocycles. The largest absolute Gasteiger partial charge is 0.354 e. The van der Waals surface area contributed by atoms with E-state index < -0.39 is 28.5 Å². The first kappa shape index (κ1) is 29.9. The topological polar surface area (TPSA) is 86.8 Å². The van der Waals surface area contributed by atoms with Crippen LogP contribution < -0.4 is 9.62 Å². The third kappa shape index (κ3) is 8.17. The number of hydrogen-bond acceptors (Lipinski definition) is 4. The maximum absolute atomic E-state index is 14.1. The average Bonchev–Trinajstić information content (AvgIpc) is 2.93. The van der Waals surface area contributed by atoms with Crippen LogP contribution in [-0.4, -0.2) is 50.5 Å². The van der Waals surface area contributed by atoms with Gasteiger partial charge in [0.2, 0.25) is 21.8 Å². The average molecular weight is 550 g/mol. The lowest BCUT2D eigenvalue weighted by Gasteiger charge is -2.34.